The van der Waals surface area contributed by atoms with Crippen molar-refractivity contribution < 1.29 is 8.42 Å². The smallest absolute Gasteiger partial charge is 0.225 e. The van der Waals surface area contributed by atoms with Gasteiger partial charge in [-0.05, 0) is 32.7 Å². The molecule has 0 aliphatic carbocycles. The molecule has 1 N–H and O–H groups in total. The Morgan fingerprint density at radius 2 is 1.87 bits per heavy atom. The second kappa shape index (κ2) is 4.20. The van der Waals surface area contributed by atoms with Gasteiger partial charge in [0.15, 0.2) is 0 Å². The van der Waals surface area contributed by atoms with E-state index in [4.69, 9.17) is 11.6 Å². The first-order valence-corrected chi connectivity index (χ1v) is 7.48. The Balaban J connectivity index is 1.98. The molecule has 2 atom stereocenters. The Bertz CT molecular complexity index is 319. The van der Waals surface area contributed by atoms with E-state index in [-0.39, 0.29) is 11.3 Å². The molecule has 0 aromatic heterocycles. The van der Waals surface area contributed by atoms with Crippen molar-refractivity contribution in [2.24, 2.45) is 0 Å². The van der Waals surface area contributed by atoms with Crippen molar-refractivity contribution in [2.75, 3.05) is 12.3 Å². The lowest BCUT2D eigenvalue weighted by molar-refractivity contribution is 0.157. The fourth-order valence-electron chi connectivity index (χ4n) is 2.79. The minimum atomic E-state index is -3.26. The van der Waals surface area contributed by atoms with Crippen LogP contribution in [0.1, 0.15) is 25.7 Å². The monoisotopic (exact) mass is 252 g/mol. The minimum Gasteiger partial charge on any atom is -0.300 e. The number of alkyl halides is 1. The summed E-state index contributed by atoms with van der Waals surface area (Å²) in [5.74, 6) is 0. The van der Waals surface area contributed by atoms with E-state index in [1.165, 1.54) is 12.8 Å². The predicted octanol–water partition coefficient (Wildman–Crippen LogP) is 0.727. The molecule has 0 amide bonds. The topological polar surface area (TPSA) is 49.4 Å². The highest BCUT2D eigenvalue weighted by atomic mass is 35.5. The van der Waals surface area contributed by atoms with Gasteiger partial charge >= 0.3 is 0 Å². The third kappa shape index (κ3) is 2.46. The summed E-state index contributed by atoms with van der Waals surface area (Å²) in [5, 5.41) is -0.339. The molecule has 2 aliphatic heterocycles. The second-order valence-corrected chi connectivity index (χ2v) is 6.90. The zero-order valence-corrected chi connectivity index (χ0v) is 10.4. The Morgan fingerprint density at radius 3 is 2.33 bits per heavy atom. The molecule has 0 aromatic rings. The third-order valence-electron chi connectivity index (χ3n) is 3.59. The number of nitrogens with zero attached hydrogens (tertiary/aromatic N) is 1. The van der Waals surface area contributed by atoms with Crippen LogP contribution in [-0.4, -0.2) is 43.7 Å². The molecule has 2 bridgehead atoms. The van der Waals surface area contributed by atoms with Crippen LogP contribution in [0.5, 0.6) is 0 Å². The van der Waals surface area contributed by atoms with Gasteiger partial charge < -0.3 is 4.90 Å². The molecule has 2 fully saturated rings. The lowest BCUT2D eigenvalue weighted by atomic mass is 9.99. The Labute approximate surface area is 96.0 Å². The lowest BCUT2D eigenvalue weighted by Crippen LogP contribution is -2.48. The number of halogens is 1. The third-order valence-corrected chi connectivity index (χ3v) is 5.43. The van der Waals surface area contributed by atoms with Crippen molar-refractivity contribution in [1.82, 2.24) is 9.62 Å². The first-order chi connectivity index (χ1) is 7.02. The van der Waals surface area contributed by atoms with Gasteiger partial charge in [0.05, 0.1) is 0 Å². The maximum Gasteiger partial charge on any atom is 0.225 e. The number of hydrogen-bond acceptors (Lipinski definition) is 3. The van der Waals surface area contributed by atoms with Crippen molar-refractivity contribution in [3.63, 3.8) is 0 Å². The molecule has 2 rings (SSSR count). The maximum atomic E-state index is 11.3. The quantitative estimate of drug-likeness (QED) is 0.754. The molecule has 15 heavy (non-hydrogen) atoms. The van der Waals surface area contributed by atoms with E-state index in [0.29, 0.717) is 12.1 Å². The molecule has 2 aliphatic rings. The fourth-order valence-corrected chi connectivity index (χ4v) is 3.75. The highest BCUT2D eigenvalue weighted by Gasteiger charge is 2.39. The molecule has 0 spiro atoms. The van der Waals surface area contributed by atoms with Crippen LogP contribution in [0, 0.1) is 0 Å². The molecule has 0 saturated carbocycles. The van der Waals surface area contributed by atoms with Crippen LogP contribution in [0.3, 0.4) is 0 Å². The van der Waals surface area contributed by atoms with E-state index >= 15 is 0 Å². The summed E-state index contributed by atoms with van der Waals surface area (Å²) in [4.78, 5) is 2.38. The average Bonchev–Trinajstić information content (AvgIpc) is 2.40. The van der Waals surface area contributed by atoms with Crippen molar-refractivity contribution in [1.29, 1.82) is 0 Å². The van der Waals surface area contributed by atoms with Gasteiger partial charge in [0.2, 0.25) is 10.0 Å². The molecule has 2 unspecified atom stereocenters. The van der Waals surface area contributed by atoms with Crippen molar-refractivity contribution in [3.8, 4) is 0 Å². The van der Waals surface area contributed by atoms with E-state index in [0.717, 1.165) is 12.8 Å². The van der Waals surface area contributed by atoms with Crippen molar-refractivity contribution in [2.45, 2.75) is 43.8 Å². The Kier molecular flexibility index (Phi) is 3.26. The van der Waals surface area contributed by atoms with Gasteiger partial charge in [-0.2, -0.15) is 0 Å². The van der Waals surface area contributed by atoms with Crippen LogP contribution >= 0.6 is 11.6 Å². The largest absolute Gasteiger partial charge is 0.300 e. The SMILES string of the molecule is CN1C2CCC1CC(NS(=O)(=O)CCl)C2. The first-order valence-electron chi connectivity index (χ1n) is 5.30. The average molecular weight is 253 g/mol. The highest BCUT2D eigenvalue weighted by Crippen LogP contribution is 2.34. The number of hydrogen-bond donors (Lipinski definition) is 1. The zero-order valence-electron chi connectivity index (χ0n) is 8.82. The van der Waals surface area contributed by atoms with E-state index < -0.39 is 10.0 Å². The highest BCUT2D eigenvalue weighted by molar-refractivity contribution is 7.90. The molecule has 0 aromatic carbocycles. The van der Waals surface area contributed by atoms with Crippen molar-refractivity contribution in [3.05, 3.63) is 0 Å². The van der Waals surface area contributed by atoms with Gasteiger partial charge in [-0.1, -0.05) is 0 Å². The van der Waals surface area contributed by atoms with Gasteiger partial charge in [-0.15, -0.1) is 11.6 Å². The van der Waals surface area contributed by atoms with E-state index in [2.05, 4.69) is 16.7 Å². The lowest BCUT2D eigenvalue weighted by Gasteiger charge is -2.36. The molecule has 2 saturated heterocycles. The molecule has 0 radical (unpaired) electrons. The van der Waals surface area contributed by atoms with Crippen LogP contribution in [0.15, 0.2) is 0 Å². The summed E-state index contributed by atoms with van der Waals surface area (Å²) in [7, 11) is -1.13. The van der Waals surface area contributed by atoms with Crippen LogP contribution in [-0.2, 0) is 10.0 Å². The van der Waals surface area contributed by atoms with Gasteiger partial charge in [-0.25, -0.2) is 13.1 Å². The van der Waals surface area contributed by atoms with E-state index in [1.807, 2.05) is 0 Å². The summed E-state index contributed by atoms with van der Waals surface area (Å²) in [6.07, 6.45) is 4.23. The number of sulfonamides is 1. The molecule has 88 valence electrons. The van der Waals surface area contributed by atoms with E-state index in [1.54, 1.807) is 0 Å². The standard InChI is InChI=1S/C9H17ClN2O2S/c1-12-8-2-3-9(12)5-7(4-8)11-15(13,14)6-10/h7-9,11H,2-6H2,1H3. The number of rotatable bonds is 3. The summed E-state index contributed by atoms with van der Waals surface area (Å²) in [5.41, 5.74) is 0. The van der Waals surface area contributed by atoms with Gasteiger partial charge in [0.1, 0.15) is 5.21 Å². The molecule has 4 nitrogen and oxygen atoms in total. The molecule has 6 heteroatoms. The summed E-state index contributed by atoms with van der Waals surface area (Å²) in [6.45, 7) is 0. The summed E-state index contributed by atoms with van der Waals surface area (Å²) < 4.78 is 25.3. The Morgan fingerprint density at radius 1 is 1.33 bits per heavy atom. The van der Waals surface area contributed by atoms with Gasteiger partial charge in [0.25, 0.3) is 0 Å². The maximum absolute atomic E-state index is 11.3. The van der Waals surface area contributed by atoms with E-state index in [9.17, 15) is 8.42 Å². The summed E-state index contributed by atoms with van der Waals surface area (Å²) >= 11 is 5.37. The minimum absolute atomic E-state index is 0.0856. The zero-order chi connectivity index (χ0) is 11.1. The molecular formula is C9H17ClN2O2S. The molecular weight excluding hydrogens is 236 g/mol. The van der Waals surface area contributed by atoms with Crippen LogP contribution in [0.25, 0.3) is 0 Å². The fraction of sp³-hybridized carbons (Fsp3) is 1.00. The summed E-state index contributed by atoms with van der Waals surface area (Å²) in [6, 6.07) is 1.18. The van der Waals surface area contributed by atoms with Crippen LogP contribution in [0.4, 0.5) is 0 Å². The van der Waals surface area contributed by atoms with Crippen LogP contribution in [0.2, 0.25) is 0 Å². The van der Waals surface area contributed by atoms with Crippen LogP contribution < -0.4 is 4.72 Å². The van der Waals surface area contributed by atoms with Gasteiger partial charge in [-0.3, -0.25) is 0 Å². The Hall–Kier alpha value is 0.160. The first kappa shape index (κ1) is 11.6. The normalized spacial score (nSPS) is 37.1. The predicted molar refractivity (Wildman–Crippen MR) is 60.4 cm³/mol. The van der Waals surface area contributed by atoms with Gasteiger partial charge in [0, 0.05) is 18.1 Å². The van der Waals surface area contributed by atoms with Crippen molar-refractivity contribution >= 4 is 21.6 Å². The second-order valence-electron chi connectivity index (χ2n) is 4.56. The number of nitrogens with one attached hydrogen (secondary N) is 1. The molecule has 2 heterocycles. The number of fused-ring (bicyclic) bond motifs is 2. The number of piperidine rings is 1.